The number of hydrogen-bond acceptors (Lipinski definition) is 6. The monoisotopic (exact) mass is 263 g/mol. The largest absolute Gasteiger partial charge is 0.464 e. The van der Waals surface area contributed by atoms with Crippen LogP contribution in [0.1, 0.15) is 13.3 Å². The van der Waals surface area contributed by atoms with Crippen LogP contribution in [0.15, 0.2) is 11.5 Å². The second-order valence-corrected chi connectivity index (χ2v) is 5.05. The summed E-state index contributed by atoms with van der Waals surface area (Å²) in [6.07, 6.45) is 1.16. The zero-order valence-electron chi connectivity index (χ0n) is 9.72. The molecule has 0 saturated carbocycles. The van der Waals surface area contributed by atoms with Crippen LogP contribution in [0.3, 0.4) is 0 Å². The summed E-state index contributed by atoms with van der Waals surface area (Å²) in [6, 6.07) is 0. The molecule has 7 nitrogen and oxygen atoms in total. The summed E-state index contributed by atoms with van der Waals surface area (Å²) >= 11 is 0. The van der Waals surface area contributed by atoms with Crippen molar-refractivity contribution in [1.29, 1.82) is 0 Å². The highest BCUT2D eigenvalue weighted by Crippen LogP contribution is 2.22. The molecule has 1 rings (SSSR count). The molecular formula is C9H13NO6S. The molecule has 0 aliphatic carbocycles. The average molecular weight is 263 g/mol. The fourth-order valence-corrected chi connectivity index (χ4v) is 1.89. The molecule has 1 fully saturated rings. The van der Waals surface area contributed by atoms with Gasteiger partial charge < -0.3 is 13.8 Å². The van der Waals surface area contributed by atoms with E-state index in [1.54, 1.807) is 0 Å². The van der Waals surface area contributed by atoms with Crippen molar-refractivity contribution in [2.45, 2.75) is 13.3 Å². The number of hydrogen-bond donors (Lipinski definition) is 0. The highest BCUT2D eigenvalue weighted by molar-refractivity contribution is 7.86. The molecule has 96 valence electrons. The quantitative estimate of drug-likeness (QED) is 0.225. The van der Waals surface area contributed by atoms with E-state index in [0.29, 0.717) is 13.0 Å². The van der Waals surface area contributed by atoms with Gasteiger partial charge in [-0.05, 0) is 6.92 Å². The minimum absolute atomic E-state index is 0.172. The second-order valence-electron chi connectivity index (χ2n) is 3.48. The third-order valence-electron chi connectivity index (χ3n) is 2.11. The molecule has 17 heavy (non-hydrogen) atoms. The second kappa shape index (κ2) is 4.74. The molecule has 1 aliphatic heterocycles. The minimum Gasteiger partial charge on any atom is -0.464 e. The number of carbonyl (C=O) groups is 2. The molecule has 0 aromatic heterocycles. The van der Waals surface area contributed by atoms with E-state index in [1.165, 1.54) is 6.92 Å². The number of β-lactam (4-membered cyclic amide) rings is 1. The Labute approximate surface area is 99.1 Å². The number of allylic oxidation sites excluding steroid dienone is 1. The molecule has 8 heteroatoms. The van der Waals surface area contributed by atoms with Gasteiger partial charge in [-0.25, -0.2) is 4.79 Å². The van der Waals surface area contributed by atoms with Gasteiger partial charge in [0.15, 0.2) is 5.70 Å². The first-order chi connectivity index (χ1) is 7.76. The van der Waals surface area contributed by atoms with Crippen LogP contribution in [-0.2, 0) is 28.6 Å². The number of ether oxygens (including phenoxy) is 1. The SMILES string of the molecule is COC(=O)C(=C(C)OS(C)(=O)=O)N1CCC1=O. The van der Waals surface area contributed by atoms with E-state index in [9.17, 15) is 18.0 Å². The summed E-state index contributed by atoms with van der Waals surface area (Å²) in [7, 11) is -2.61. The lowest BCUT2D eigenvalue weighted by Gasteiger charge is -2.31. The van der Waals surface area contributed by atoms with Crippen molar-refractivity contribution in [2.24, 2.45) is 0 Å². The molecular weight excluding hydrogens is 250 g/mol. The van der Waals surface area contributed by atoms with Gasteiger partial charge in [-0.1, -0.05) is 0 Å². The third kappa shape index (κ3) is 3.19. The van der Waals surface area contributed by atoms with Crippen molar-refractivity contribution in [3.05, 3.63) is 11.5 Å². The molecule has 0 aromatic carbocycles. The normalized spacial score (nSPS) is 17.1. The maximum absolute atomic E-state index is 11.5. The highest BCUT2D eigenvalue weighted by atomic mass is 32.2. The van der Waals surface area contributed by atoms with Gasteiger partial charge in [0, 0.05) is 13.0 Å². The summed E-state index contributed by atoms with van der Waals surface area (Å²) in [5.74, 6) is -1.26. The van der Waals surface area contributed by atoms with E-state index in [4.69, 9.17) is 0 Å². The standard InChI is InChI=1S/C9H13NO6S/c1-6(16-17(3,13)14)8(9(12)15-2)10-5-4-7(10)11/h4-5H2,1-3H3. The summed E-state index contributed by atoms with van der Waals surface area (Å²) in [5.41, 5.74) is -0.172. The van der Waals surface area contributed by atoms with Crippen LogP contribution < -0.4 is 0 Å². The summed E-state index contributed by atoms with van der Waals surface area (Å²) in [5, 5.41) is 0. The van der Waals surface area contributed by atoms with E-state index in [0.717, 1.165) is 18.3 Å². The van der Waals surface area contributed by atoms with Gasteiger partial charge in [0.25, 0.3) is 0 Å². The Kier molecular flexibility index (Phi) is 3.76. The van der Waals surface area contributed by atoms with Gasteiger partial charge in [-0.15, -0.1) is 0 Å². The van der Waals surface area contributed by atoms with Crippen LogP contribution >= 0.6 is 0 Å². The molecule has 1 aliphatic rings. The lowest BCUT2D eigenvalue weighted by atomic mass is 10.1. The maximum Gasteiger partial charge on any atom is 0.358 e. The Balaban J connectivity index is 3.08. The number of amides is 1. The van der Waals surface area contributed by atoms with Crippen LogP contribution in [0.2, 0.25) is 0 Å². The van der Waals surface area contributed by atoms with Gasteiger partial charge in [0.1, 0.15) is 5.76 Å². The van der Waals surface area contributed by atoms with Crippen LogP contribution in [-0.4, -0.2) is 45.1 Å². The first kappa shape index (κ1) is 13.5. The maximum atomic E-state index is 11.5. The number of carbonyl (C=O) groups excluding carboxylic acids is 2. The predicted molar refractivity (Wildman–Crippen MR) is 57.0 cm³/mol. The molecule has 0 atom stereocenters. The predicted octanol–water partition coefficient (Wildman–Crippen LogP) is -0.401. The van der Waals surface area contributed by atoms with Gasteiger partial charge >= 0.3 is 16.1 Å². The van der Waals surface area contributed by atoms with Crippen molar-refractivity contribution < 1.29 is 26.9 Å². The molecule has 0 unspecified atom stereocenters. The number of nitrogens with zero attached hydrogens (tertiary/aromatic N) is 1. The fraction of sp³-hybridized carbons (Fsp3) is 0.556. The summed E-state index contributed by atoms with van der Waals surface area (Å²) in [4.78, 5) is 23.8. The molecule has 0 bridgehead atoms. The van der Waals surface area contributed by atoms with Crippen molar-refractivity contribution >= 4 is 22.0 Å². The van der Waals surface area contributed by atoms with E-state index in [1.807, 2.05) is 0 Å². The Morgan fingerprint density at radius 2 is 2.00 bits per heavy atom. The minimum atomic E-state index is -3.75. The number of methoxy groups -OCH3 is 1. The number of rotatable bonds is 4. The lowest BCUT2D eigenvalue weighted by Crippen LogP contribution is -2.45. The Hall–Kier alpha value is -1.57. The van der Waals surface area contributed by atoms with E-state index in [-0.39, 0.29) is 17.4 Å². The molecule has 0 aromatic rings. The van der Waals surface area contributed by atoms with E-state index < -0.39 is 16.1 Å². The van der Waals surface area contributed by atoms with E-state index >= 15 is 0 Å². The summed E-state index contributed by atoms with van der Waals surface area (Å²) in [6.45, 7) is 1.63. The van der Waals surface area contributed by atoms with Crippen molar-refractivity contribution in [1.82, 2.24) is 4.90 Å². The highest BCUT2D eigenvalue weighted by Gasteiger charge is 2.34. The van der Waals surface area contributed by atoms with Crippen LogP contribution in [0.5, 0.6) is 0 Å². The fourth-order valence-electron chi connectivity index (χ4n) is 1.36. The first-order valence-electron chi connectivity index (χ1n) is 4.75. The van der Waals surface area contributed by atoms with Crippen LogP contribution in [0, 0.1) is 0 Å². The average Bonchev–Trinajstić information content (AvgIpc) is 2.19. The molecule has 0 N–H and O–H groups in total. The first-order valence-corrected chi connectivity index (χ1v) is 6.57. The van der Waals surface area contributed by atoms with Crippen LogP contribution in [0.4, 0.5) is 0 Å². The smallest absolute Gasteiger partial charge is 0.358 e. The van der Waals surface area contributed by atoms with Crippen molar-refractivity contribution in [2.75, 3.05) is 19.9 Å². The van der Waals surface area contributed by atoms with Crippen molar-refractivity contribution in [3.63, 3.8) is 0 Å². The van der Waals surface area contributed by atoms with E-state index in [2.05, 4.69) is 8.92 Å². The van der Waals surface area contributed by atoms with Gasteiger partial charge in [-0.3, -0.25) is 4.79 Å². The number of esters is 1. The Morgan fingerprint density at radius 1 is 1.41 bits per heavy atom. The molecule has 1 heterocycles. The Bertz CT molecular complexity index is 478. The van der Waals surface area contributed by atoms with Crippen molar-refractivity contribution in [3.8, 4) is 0 Å². The Morgan fingerprint density at radius 3 is 2.29 bits per heavy atom. The summed E-state index contributed by atoms with van der Waals surface area (Å²) < 4.78 is 31.0. The molecule has 0 spiro atoms. The zero-order chi connectivity index (χ0) is 13.2. The zero-order valence-corrected chi connectivity index (χ0v) is 10.5. The number of likely N-dealkylation sites (tertiary alicyclic amines) is 1. The van der Waals surface area contributed by atoms with Gasteiger partial charge in [0.05, 0.1) is 13.4 Å². The lowest BCUT2D eigenvalue weighted by molar-refractivity contribution is -0.146. The third-order valence-corrected chi connectivity index (χ3v) is 2.66. The van der Waals surface area contributed by atoms with Gasteiger partial charge in [0.2, 0.25) is 5.91 Å². The molecule has 1 saturated heterocycles. The van der Waals surface area contributed by atoms with Crippen LogP contribution in [0.25, 0.3) is 0 Å². The molecule has 0 radical (unpaired) electrons. The molecule has 1 amide bonds. The van der Waals surface area contributed by atoms with Gasteiger partial charge in [-0.2, -0.15) is 8.42 Å². The topological polar surface area (TPSA) is 90.0 Å².